The van der Waals surface area contributed by atoms with Gasteiger partial charge in [0, 0.05) is 0 Å². The van der Waals surface area contributed by atoms with Crippen LogP contribution in [0.2, 0.25) is 0 Å². The zero-order valence-electron chi connectivity index (χ0n) is 6.02. The van der Waals surface area contributed by atoms with Crippen molar-refractivity contribution in [3.63, 3.8) is 0 Å². The fourth-order valence-corrected chi connectivity index (χ4v) is 0.934. The zero-order chi connectivity index (χ0) is 8.39. The maximum Gasteiger partial charge on any atom is 0.410 e. The number of nitrogens with zero attached hydrogens (tertiary/aromatic N) is 2. The average Bonchev–Trinajstić information content (AvgIpc) is 2.47. The van der Waals surface area contributed by atoms with Crippen LogP contribution in [0.1, 0.15) is 0 Å². The highest BCUT2D eigenvalue weighted by Gasteiger charge is 2.04. The van der Waals surface area contributed by atoms with Crippen LogP contribution in [0.5, 0.6) is 6.08 Å². The van der Waals surface area contributed by atoms with Crippen LogP contribution in [0, 0.1) is 11.5 Å². The van der Waals surface area contributed by atoms with Gasteiger partial charge in [-0.2, -0.15) is 4.98 Å². The van der Waals surface area contributed by atoms with E-state index >= 15 is 0 Å². The maximum atomic E-state index is 8.17. The first-order chi connectivity index (χ1) is 5.90. The number of rotatable bonds is 1. The highest BCUT2D eigenvalue weighted by Crippen LogP contribution is 2.19. The highest BCUT2D eigenvalue weighted by molar-refractivity contribution is 5.72. The number of benzene rings is 1. The molecule has 0 aliphatic rings. The Morgan fingerprint density at radius 3 is 3.00 bits per heavy atom. The summed E-state index contributed by atoms with van der Waals surface area (Å²) in [4.78, 5) is 3.89. The molecule has 0 fully saturated rings. The molecule has 4 heteroatoms. The van der Waals surface area contributed by atoms with E-state index in [9.17, 15) is 0 Å². The standard InChI is InChI=1S/C8H4N2O2/c9-5-11-8-10-6-3-1-2-4-7(6)12-8/h1-4H. The van der Waals surface area contributed by atoms with E-state index in [-0.39, 0.29) is 6.08 Å². The number of oxazole rings is 1. The summed E-state index contributed by atoms with van der Waals surface area (Å²) in [5.41, 5.74) is 1.30. The van der Waals surface area contributed by atoms with Crippen LogP contribution in [0.25, 0.3) is 11.1 Å². The largest absolute Gasteiger partial charge is 0.410 e. The highest BCUT2D eigenvalue weighted by atomic mass is 16.6. The van der Waals surface area contributed by atoms with E-state index in [1.54, 1.807) is 12.1 Å². The van der Waals surface area contributed by atoms with Gasteiger partial charge in [-0.05, 0) is 12.1 Å². The predicted octanol–water partition coefficient (Wildman–Crippen LogP) is 1.69. The summed E-state index contributed by atoms with van der Waals surface area (Å²) >= 11 is 0. The van der Waals surface area contributed by atoms with Gasteiger partial charge in [0.1, 0.15) is 5.52 Å². The Balaban J connectivity index is 2.56. The molecule has 0 aliphatic carbocycles. The Kier molecular flexibility index (Phi) is 1.42. The Morgan fingerprint density at radius 1 is 1.42 bits per heavy atom. The van der Waals surface area contributed by atoms with Gasteiger partial charge in [0.2, 0.25) is 0 Å². The second-order valence-electron chi connectivity index (χ2n) is 2.14. The SMILES string of the molecule is N#COc1nc2ccccc2o1. The lowest BCUT2D eigenvalue weighted by Crippen LogP contribution is -1.78. The molecule has 1 aromatic heterocycles. The van der Waals surface area contributed by atoms with Crippen LogP contribution in [-0.4, -0.2) is 4.98 Å². The third kappa shape index (κ3) is 0.974. The molecule has 0 bridgehead atoms. The molecule has 4 nitrogen and oxygen atoms in total. The molecule has 0 unspecified atom stereocenters. The summed E-state index contributed by atoms with van der Waals surface area (Å²) in [7, 11) is 0. The van der Waals surface area contributed by atoms with Crippen molar-refractivity contribution in [2.75, 3.05) is 0 Å². The van der Waals surface area contributed by atoms with Crippen molar-refractivity contribution in [1.82, 2.24) is 4.98 Å². The Hall–Kier alpha value is -2.02. The molecular formula is C8H4N2O2. The van der Waals surface area contributed by atoms with E-state index in [1.807, 2.05) is 12.1 Å². The summed E-state index contributed by atoms with van der Waals surface area (Å²) in [5.74, 6) is 0. The number of para-hydroxylation sites is 2. The minimum absolute atomic E-state index is 0.0151. The summed E-state index contributed by atoms with van der Waals surface area (Å²) in [6.07, 6.45) is 1.47. The van der Waals surface area contributed by atoms with Gasteiger partial charge in [-0.1, -0.05) is 12.1 Å². The molecule has 0 radical (unpaired) electrons. The van der Waals surface area contributed by atoms with E-state index in [1.165, 1.54) is 6.26 Å². The molecule has 1 heterocycles. The van der Waals surface area contributed by atoms with Crippen LogP contribution in [0.4, 0.5) is 0 Å². The van der Waals surface area contributed by atoms with Crippen molar-refractivity contribution < 1.29 is 9.15 Å². The van der Waals surface area contributed by atoms with E-state index < -0.39 is 0 Å². The molecule has 0 N–H and O–H groups in total. The summed E-state index contributed by atoms with van der Waals surface area (Å²) in [5, 5.41) is 8.17. The zero-order valence-corrected chi connectivity index (χ0v) is 6.02. The van der Waals surface area contributed by atoms with Crippen LogP contribution in [0.15, 0.2) is 28.7 Å². The Labute approximate surface area is 68.0 Å². The summed E-state index contributed by atoms with van der Waals surface area (Å²) in [6, 6.07) is 7.19. The first-order valence-electron chi connectivity index (χ1n) is 3.31. The summed E-state index contributed by atoms with van der Waals surface area (Å²) in [6.45, 7) is 0. The topological polar surface area (TPSA) is 59.0 Å². The number of nitriles is 1. The molecule has 58 valence electrons. The fourth-order valence-electron chi connectivity index (χ4n) is 0.934. The second-order valence-corrected chi connectivity index (χ2v) is 2.14. The summed E-state index contributed by atoms with van der Waals surface area (Å²) < 4.78 is 9.47. The van der Waals surface area contributed by atoms with Crippen LogP contribution in [0.3, 0.4) is 0 Å². The number of hydrogen-bond donors (Lipinski definition) is 0. The van der Waals surface area contributed by atoms with Gasteiger partial charge in [0.15, 0.2) is 5.58 Å². The minimum atomic E-state index is -0.0151. The quantitative estimate of drug-likeness (QED) is 0.595. The molecule has 0 aliphatic heterocycles. The van der Waals surface area contributed by atoms with Crippen LogP contribution >= 0.6 is 0 Å². The lowest BCUT2D eigenvalue weighted by atomic mass is 10.3. The molecule has 0 spiro atoms. The van der Waals surface area contributed by atoms with Crippen molar-refractivity contribution in [2.45, 2.75) is 0 Å². The number of fused-ring (bicyclic) bond motifs is 1. The second kappa shape index (κ2) is 2.55. The van der Waals surface area contributed by atoms with Crippen molar-refractivity contribution in [3.8, 4) is 12.3 Å². The van der Waals surface area contributed by atoms with Crippen LogP contribution in [-0.2, 0) is 0 Å². The molecule has 2 aromatic rings. The molecule has 0 atom stereocenters. The lowest BCUT2D eigenvalue weighted by Gasteiger charge is -1.80. The van der Waals surface area contributed by atoms with Crippen LogP contribution < -0.4 is 4.74 Å². The van der Waals surface area contributed by atoms with E-state index in [4.69, 9.17) is 9.68 Å². The fraction of sp³-hybridized carbons (Fsp3) is 0. The maximum absolute atomic E-state index is 8.17. The van der Waals surface area contributed by atoms with Gasteiger partial charge in [0.05, 0.1) is 0 Å². The predicted molar refractivity (Wildman–Crippen MR) is 40.3 cm³/mol. The van der Waals surface area contributed by atoms with Gasteiger partial charge in [0.25, 0.3) is 6.26 Å². The molecule has 2 rings (SSSR count). The number of aromatic nitrogens is 1. The molecule has 0 amide bonds. The monoisotopic (exact) mass is 160 g/mol. The third-order valence-electron chi connectivity index (χ3n) is 1.41. The number of ether oxygens (including phenoxy) is 1. The smallest absolute Gasteiger partial charge is 0.408 e. The molecule has 12 heavy (non-hydrogen) atoms. The molecule has 0 saturated heterocycles. The third-order valence-corrected chi connectivity index (χ3v) is 1.41. The molecular weight excluding hydrogens is 156 g/mol. The molecule has 1 aromatic carbocycles. The van der Waals surface area contributed by atoms with E-state index in [0.29, 0.717) is 11.1 Å². The Morgan fingerprint density at radius 2 is 2.25 bits per heavy atom. The van der Waals surface area contributed by atoms with Crippen molar-refractivity contribution >= 4 is 11.1 Å². The lowest BCUT2D eigenvalue weighted by molar-refractivity contribution is 0.357. The Bertz CT molecular complexity index is 408. The first kappa shape index (κ1) is 6.68. The normalized spacial score (nSPS) is 9.58. The van der Waals surface area contributed by atoms with E-state index in [0.717, 1.165) is 0 Å². The minimum Gasteiger partial charge on any atom is -0.408 e. The van der Waals surface area contributed by atoms with Gasteiger partial charge in [-0.25, -0.2) is 0 Å². The van der Waals surface area contributed by atoms with Crippen molar-refractivity contribution in [2.24, 2.45) is 0 Å². The van der Waals surface area contributed by atoms with Crippen molar-refractivity contribution in [3.05, 3.63) is 24.3 Å². The van der Waals surface area contributed by atoms with Crippen molar-refractivity contribution in [1.29, 1.82) is 5.26 Å². The average molecular weight is 160 g/mol. The molecule has 0 saturated carbocycles. The van der Waals surface area contributed by atoms with Gasteiger partial charge >= 0.3 is 6.08 Å². The first-order valence-corrected chi connectivity index (χ1v) is 3.31. The van der Waals surface area contributed by atoms with Gasteiger partial charge in [-0.15, -0.1) is 5.26 Å². The van der Waals surface area contributed by atoms with Gasteiger partial charge < -0.3 is 9.15 Å². The van der Waals surface area contributed by atoms with E-state index in [2.05, 4.69) is 9.72 Å². The number of hydrogen-bond acceptors (Lipinski definition) is 4. The van der Waals surface area contributed by atoms with Gasteiger partial charge in [-0.3, -0.25) is 0 Å².